The summed E-state index contributed by atoms with van der Waals surface area (Å²) in [6.45, 7) is 1.10. The van der Waals surface area contributed by atoms with Gasteiger partial charge in [-0.2, -0.15) is 0 Å². The summed E-state index contributed by atoms with van der Waals surface area (Å²) < 4.78 is 5.78. The summed E-state index contributed by atoms with van der Waals surface area (Å²) in [4.78, 5) is 27.2. The van der Waals surface area contributed by atoms with Crippen LogP contribution in [0.4, 0.5) is 5.69 Å². The number of nitrogens with one attached hydrogen (secondary N) is 1. The Kier molecular flexibility index (Phi) is 6.53. The standard InChI is InChI=1S/C25H23ClN2O3/c26-20-5-4-6-21(17-20)27-24(29)18-13-15-28(16-14-18)25(30)19-9-11-23(12-10-19)31-22-7-2-1-3-8-22/h1-12,17-18H,13-16H2,(H,27,29). The van der Waals surface area contributed by atoms with Crippen LogP contribution >= 0.6 is 11.6 Å². The van der Waals surface area contributed by atoms with Crippen LogP contribution in [0, 0.1) is 5.92 Å². The van der Waals surface area contributed by atoms with Gasteiger partial charge >= 0.3 is 0 Å². The van der Waals surface area contributed by atoms with Gasteiger partial charge in [0.05, 0.1) is 0 Å². The Labute approximate surface area is 186 Å². The average Bonchev–Trinajstić information content (AvgIpc) is 2.80. The minimum absolute atomic E-state index is 0.0278. The second-order valence-electron chi connectivity index (χ2n) is 7.51. The van der Waals surface area contributed by atoms with Gasteiger partial charge in [-0.1, -0.05) is 35.9 Å². The van der Waals surface area contributed by atoms with Crippen molar-refractivity contribution in [3.63, 3.8) is 0 Å². The molecule has 4 rings (SSSR count). The highest BCUT2D eigenvalue weighted by Gasteiger charge is 2.28. The molecule has 3 aromatic rings. The molecule has 1 aliphatic rings. The second kappa shape index (κ2) is 9.67. The van der Waals surface area contributed by atoms with Crippen molar-refractivity contribution in [3.05, 3.63) is 89.4 Å². The summed E-state index contributed by atoms with van der Waals surface area (Å²) in [6, 6.07) is 23.8. The number of rotatable bonds is 5. The number of benzene rings is 3. The largest absolute Gasteiger partial charge is 0.457 e. The number of likely N-dealkylation sites (tertiary alicyclic amines) is 1. The number of ether oxygens (including phenoxy) is 1. The van der Waals surface area contributed by atoms with E-state index in [1.165, 1.54) is 0 Å². The molecule has 1 fully saturated rings. The normalized spacial score (nSPS) is 14.2. The molecule has 31 heavy (non-hydrogen) atoms. The minimum atomic E-state index is -0.121. The Balaban J connectivity index is 1.30. The predicted molar refractivity (Wildman–Crippen MR) is 122 cm³/mol. The number of anilines is 1. The highest BCUT2D eigenvalue weighted by atomic mass is 35.5. The van der Waals surface area contributed by atoms with E-state index >= 15 is 0 Å². The van der Waals surface area contributed by atoms with Gasteiger partial charge in [-0.25, -0.2) is 0 Å². The smallest absolute Gasteiger partial charge is 0.253 e. The third-order valence-electron chi connectivity index (χ3n) is 5.33. The van der Waals surface area contributed by atoms with E-state index in [-0.39, 0.29) is 17.7 Å². The molecule has 1 heterocycles. The molecule has 1 N–H and O–H groups in total. The molecule has 0 atom stereocenters. The summed E-state index contributed by atoms with van der Waals surface area (Å²) in [6.07, 6.45) is 1.26. The van der Waals surface area contributed by atoms with Crippen LogP contribution in [-0.4, -0.2) is 29.8 Å². The van der Waals surface area contributed by atoms with Crippen molar-refractivity contribution in [2.24, 2.45) is 5.92 Å². The summed E-state index contributed by atoms with van der Waals surface area (Å²) in [7, 11) is 0. The van der Waals surface area contributed by atoms with E-state index in [9.17, 15) is 9.59 Å². The molecule has 3 aromatic carbocycles. The maximum absolute atomic E-state index is 12.8. The van der Waals surface area contributed by atoms with Gasteiger partial charge < -0.3 is 15.0 Å². The maximum Gasteiger partial charge on any atom is 0.253 e. The molecule has 1 aliphatic heterocycles. The van der Waals surface area contributed by atoms with E-state index in [0.29, 0.717) is 48.0 Å². The van der Waals surface area contributed by atoms with Crippen LogP contribution < -0.4 is 10.1 Å². The van der Waals surface area contributed by atoms with Crippen LogP contribution in [0.5, 0.6) is 11.5 Å². The van der Waals surface area contributed by atoms with Gasteiger partial charge in [-0.15, -0.1) is 0 Å². The molecule has 0 aliphatic carbocycles. The van der Waals surface area contributed by atoms with Crippen molar-refractivity contribution in [2.45, 2.75) is 12.8 Å². The molecule has 0 aromatic heterocycles. The zero-order valence-corrected chi connectivity index (χ0v) is 17.7. The molecule has 6 heteroatoms. The molecule has 2 amide bonds. The van der Waals surface area contributed by atoms with Crippen molar-refractivity contribution in [3.8, 4) is 11.5 Å². The summed E-state index contributed by atoms with van der Waals surface area (Å²) in [5.74, 6) is 1.25. The molecule has 0 spiro atoms. The van der Waals surface area contributed by atoms with Crippen LogP contribution in [0.1, 0.15) is 23.2 Å². The van der Waals surface area contributed by atoms with E-state index in [1.54, 1.807) is 47.4 Å². The Hall–Kier alpha value is -3.31. The number of nitrogens with zero attached hydrogens (tertiary/aromatic N) is 1. The van der Waals surface area contributed by atoms with Crippen LogP contribution in [0.2, 0.25) is 5.02 Å². The third-order valence-corrected chi connectivity index (χ3v) is 5.56. The number of halogens is 1. The summed E-state index contributed by atoms with van der Waals surface area (Å²) >= 11 is 5.97. The number of hydrogen-bond acceptors (Lipinski definition) is 3. The van der Waals surface area contributed by atoms with Crippen molar-refractivity contribution < 1.29 is 14.3 Å². The molecule has 158 valence electrons. The fourth-order valence-electron chi connectivity index (χ4n) is 3.63. The Morgan fingerprint density at radius 3 is 2.23 bits per heavy atom. The minimum Gasteiger partial charge on any atom is -0.457 e. The lowest BCUT2D eigenvalue weighted by Crippen LogP contribution is -2.41. The fourth-order valence-corrected chi connectivity index (χ4v) is 3.82. The van der Waals surface area contributed by atoms with Gasteiger partial charge in [-0.3, -0.25) is 9.59 Å². The number of carbonyl (C=O) groups is 2. The Morgan fingerprint density at radius 2 is 1.55 bits per heavy atom. The molecule has 1 saturated heterocycles. The molecular formula is C25H23ClN2O3. The topological polar surface area (TPSA) is 58.6 Å². The van der Waals surface area contributed by atoms with Gasteiger partial charge in [0.15, 0.2) is 0 Å². The SMILES string of the molecule is O=C(Nc1cccc(Cl)c1)C1CCN(C(=O)c2ccc(Oc3ccccc3)cc2)CC1. The first-order chi connectivity index (χ1) is 15.1. The molecule has 5 nitrogen and oxygen atoms in total. The fraction of sp³-hybridized carbons (Fsp3) is 0.200. The highest BCUT2D eigenvalue weighted by molar-refractivity contribution is 6.30. The van der Waals surface area contributed by atoms with E-state index < -0.39 is 0 Å². The lowest BCUT2D eigenvalue weighted by molar-refractivity contribution is -0.121. The number of piperidine rings is 1. The molecule has 0 radical (unpaired) electrons. The number of amides is 2. The first kappa shape index (κ1) is 20.9. The maximum atomic E-state index is 12.8. The van der Waals surface area contributed by atoms with Gasteiger partial charge in [0.1, 0.15) is 11.5 Å². The third kappa shape index (κ3) is 5.44. The first-order valence-corrected chi connectivity index (χ1v) is 10.6. The zero-order chi connectivity index (χ0) is 21.6. The van der Waals surface area contributed by atoms with Crippen molar-refractivity contribution in [2.75, 3.05) is 18.4 Å². The number of carbonyl (C=O) groups excluding carboxylic acids is 2. The monoisotopic (exact) mass is 434 g/mol. The zero-order valence-electron chi connectivity index (χ0n) is 17.0. The highest BCUT2D eigenvalue weighted by Crippen LogP contribution is 2.24. The quantitative estimate of drug-likeness (QED) is 0.566. The molecule has 0 saturated carbocycles. The van der Waals surface area contributed by atoms with E-state index in [4.69, 9.17) is 16.3 Å². The molecule has 0 bridgehead atoms. The van der Waals surface area contributed by atoms with Crippen LogP contribution in [0.25, 0.3) is 0 Å². The molecular weight excluding hydrogens is 412 g/mol. The van der Waals surface area contributed by atoms with Gasteiger partial charge in [-0.05, 0) is 67.4 Å². The predicted octanol–water partition coefficient (Wildman–Crippen LogP) is 5.62. The van der Waals surface area contributed by atoms with Crippen LogP contribution in [0.3, 0.4) is 0 Å². The van der Waals surface area contributed by atoms with Crippen LogP contribution in [-0.2, 0) is 4.79 Å². The van der Waals surface area contributed by atoms with Crippen LogP contribution in [0.15, 0.2) is 78.9 Å². The summed E-state index contributed by atoms with van der Waals surface area (Å²) in [5.41, 5.74) is 1.30. The number of para-hydroxylation sites is 1. The van der Waals surface area contributed by atoms with Gasteiger partial charge in [0.25, 0.3) is 5.91 Å². The average molecular weight is 435 g/mol. The first-order valence-electron chi connectivity index (χ1n) is 10.3. The number of hydrogen-bond donors (Lipinski definition) is 1. The lowest BCUT2D eigenvalue weighted by atomic mass is 9.95. The van der Waals surface area contributed by atoms with Gasteiger partial charge in [0, 0.05) is 35.3 Å². The lowest BCUT2D eigenvalue weighted by Gasteiger charge is -2.31. The summed E-state index contributed by atoms with van der Waals surface area (Å²) in [5, 5.41) is 3.50. The Bertz CT molecular complexity index is 1050. The molecule has 0 unspecified atom stereocenters. The van der Waals surface area contributed by atoms with E-state index in [1.807, 2.05) is 36.4 Å². The van der Waals surface area contributed by atoms with Crippen molar-refractivity contribution >= 4 is 29.1 Å². The van der Waals surface area contributed by atoms with Crippen molar-refractivity contribution in [1.29, 1.82) is 0 Å². The van der Waals surface area contributed by atoms with Crippen molar-refractivity contribution in [1.82, 2.24) is 4.90 Å². The Morgan fingerprint density at radius 1 is 0.871 bits per heavy atom. The van der Waals surface area contributed by atoms with Gasteiger partial charge in [0.2, 0.25) is 5.91 Å². The van der Waals surface area contributed by atoms with E-state index in [0.717, 1.165) is 5.75 Å². The second-order valence-corrected chi connectivity index (χ2v) is 7.94. The van der Waals surface area contributed by atoms with E-state index in [2.05, 4.69) is 5.32 Å².